The van der Waals surface area contributed by atoms with E-state index in [0.29, 0.717) is 0 Å². The summed E-state index contributed by atoms with van der Waals surface area (Å²) >= 11 is 1.63. The number of methoxy groups -OCH3 is 1. The second-order valence-electron chi connectivity index (χ2n) is 6.68. The lowest BCUT2D eigenvalue weighted by Crippen LogP contribution is -2.14. The highest BCUT2D eigenvalue weighted by atomic mass is 32.2. The molecule has 0 spiro atoms. The molecular formula is C23H22O2S. The van der Waals surface area contributed by atoms with Crippen LogP contribution in [0, 0.1) is 0 Å². The highest BCUT2D eigenvalue weighted by Gasteiger charge is 2.25. The summed E-state index contributed by atoms with van der Waals surface area (Å²) in [4.78, 5) is 13.5. The standard InChI is InChI=1S/C23H22O2S/c1-25-23(24)22-19-12-6-5-11-18(19)20(14-21(22)26-2)17-13-7-9-15-8-3-4-10-16(15)17/h3-4,7-10,13-14H,5-6,11-12H2,1-2H3. The Kier molecular flexibility index (Phi) is 4.73. The van der Waals surface area contributed by atoms with E-state index in [9.17, 15) is 4.79 Å². The molecular weight excluding hydrogens is 340 g/mol. The SMILES string of the molecule is COC(=O)c1c(SC)cc(-c2cccc3ccccc23)c2c1CCCC2. The lowest BCUT2D eigenvalue weighted by atomic mass is 9.82. The second-order valence-corrected chi connectivity index (χ2v) is 7.53. The van der Waals surface area contributed by atoms with E-state index in [2.05, 4.69) is 48.5 Å². The fraction of sp³-hybridized carbons (Fsp3) is 0.261. The van der Waals surface area contributed by atoms with Gasteiger partial charge in [0.05, 0.1) is 12.7 Å². The number of fused-ring (bicyclic) bond motifs is 2. The number of esters is 1. The molecule has 132 valence electrons. The number of ether oxygens (including phenoxy) is 1. The van der Waals surface area contributed by atoms with E-state index in [4.69, 9.17) is 4.74 Å². The Morgan fingerprint density at radius 3 is 2.46 bits per heavy atom. The van der Waals surface area contributed by atoms with Crippen LogP contribution in [0.3, 0.4) is 0 Å². The van der Waals surface area contributed by atoms with Gasteiger partial charge in [0.2, 0.25) is 0 Å². The fourth-order valence-electron chi connectivity index (χ4n) is 4.10. The van der Waals surface area contributed by atoms with E-state index in [1.165, 1.54) is 46.6 Å². The molecule has 0 saturated carbocycles. The molecule has 0 atom stereocenters. The zero-order valence-corrected chi connectivity index (χ0v) is 16.0. The minimum absolute atomic E-state index is 0.211. The van der Waals surface area contributed by atoms with Crippen molar-refractivity contribution in [3.63, 3.8) is 0 Å². The Labute approximate surface area is 158 Å². The monoisotopic (exact) mass is 362 g/mol. The van der Waals surface area contributed by atoms with Gasteiger partial charge in [0.1, 0.15) is 0 Å². The molecule has 0 N–H and O–H groups in total. The minimum Gasteiger partial charge on any atom is -0.465 e. The molecule has 26 heavy (non-hydrogen) atoms. The zero-order chi connectivity index (χ0) is 18.1. The first-order chi connectivity index (χ1) is 12.7. The van der Waals surface area contributed by atoms with Gasteiger partial charge < -0.3 is 4.74 Å². The van der Waals surface area contributed by atoms with E-state index in [0.717, 1.165) is 29.7 Å². The molecule has 0 amide bonds. The molecule has 0 aromatic heterocycles. The van der Waals surface area contributed by atoms with Gasteiger partial charge in [0.25, 0.3) is 0 Å². The van der Waals surface area contributed by atoms with Crippen molar-refractivity contribution < 1.29 is 9.53 Å². The summed E-state index contributed by atoms with van der Waals surface area (Å²) in [5, 5.41) is 2.51. The van der Waals surface area contributed by atoms with Crippen molar-refractivity contribution in [3.05, 3.63) is 65.2 Å². The van der Waals surface area contributed by atoms with E-state index >= 15 is 0 Å². The average molecular weight is 362 g/mol. The second kappa shape index (κ2) is 7.16. The Morgan fingerprint density at radius 1 is 0.962 bits per heavy atom. The Bertz CT molecular complexity index is 986. The highest BCUT2D eigenvalue weighted by Crippen LogP contribution is 2.41. The van der Waals surface area contributed by atoms with Crippen LogP contribution in [0.1, 0.15) is 34.3 Å². The van der Waals surface area contributed by atoms with Crippen LogP contribution in [-0.4, -0.2) is 19.3 Å². The minimum atomic E-state index is -0.211. The van der Waals surface area contributed by atoms with Crippen LogP contribution in [0.5, 0.6) is 0 Å². The van der Waals surface area contributed by atoms with Crippen LogP contribution in [0.4, 0.5) is 0 Å². The van der Waals surface area contributed by atoms with Crippen LogP contribution in [0.2, 0.25) is 0 Å². The van der Waals surface area contributed by atoms with Crippen LogP contribution in [0.15, 0.2) is 53.4 Å². The van der Waals surface area contributed by atoms with Crippen LogP contribution in [-0.2, 0) is 17.6 Å². The first-order valence-electron chi connectivity index (χ1n) is 9.03. The number of carbonyl (C=O) groups is 1. The van der Waals surface area contributed by atoms with Crippen molar-refractivity contribution in [2.24, 2.45) is 0 Å². The van der Waals surface area contributed by atoms with E-state index in [-0.39, 0.29) is 5.97 Å². The molecule has 0 bridgehead atoms. The quantitative estimate of drug-likeness (QED) is 0.429. The molecule has 0 fully saturated rings. The van der Waals surface area contributed by atoms with Gasteiger partial charge >= 0.3 is 5.97 Å². The summed E-state index contributed by atoms with van der Waals surface area (Å²) in [7, 11) is 1.47. The van der Waals surface area contributed by atoms with E-state index in [1.54, 1.807) is 11.8 Å². The average Bonchev–Trinajstić information content (AvgIpc) is 2.71. The molecule has 0 heterocycles. The predicted molar refractivity (Wildman–Crippen MR) is 109 cm³/mol. The molecule has 2 nitrogen and oxygen atoms in total. The molecule has 4 rings (SSSR count). The summed E-state index contributed by atoms with van der Waals surface area (Å²) in [6.07, 6.45) is 6.30. The predicted octanol–water partition coefficient (Wildman–Crippen LogP) is 5.89. The number of hydrogen-bond acceptors (Lipinski definition) is 3. The third-order valence-corrected chi connectivity index (χ3v) is 6.07. The summed E-state index contributed by atoms with van der Waals surface area (Å²) in [5.74, 6) is -0.211. The summed E-state index contributed by atoms with van der Waals surface area (Å²) in [6.45, 7) is 0. The van der Waals surface area contributed by atoms with Crippen molar-refractivity contribution in [1.29, 1.82) is 0 Å². The van der Waals surface area contributed by atoms with Crippen molar-refractivity contribution in [1.82, 2.24) is 0 Å². The lowest BCUT2D eigenvalue weighted by Gasteiger charge is -2.25. The first kappa shape index (κ1) is 17.2. The largest absolute Gasteiger partial charge is 0.465 e. The maximum absolute atomic E-state index is 12.5. The van der Waals surface area contributed by atoms with Crippen LogP contribution in [0.25, 0.3) is 21.9 Å². The van der Waals surface area contributed by atoms with Crippen molar-refractivity contribution in [2.45, 2.75) is 30.6 Å². The smallest absolute Gasteiger partial charge is 0.339 e. The molecule has 3 aromatic carbocycles. The van der Waals surface area contributed by atoms with Gasteiger partial charge in [0.15, 0.2) is 0 Å². The summed E-state index contributed by atoms with van der Waals surface area (Å²) < 4.78 is 5.11. The van der Waals surface area contributed by atoms with Crippen LogP contribution < -0.4 is 0 Å². The van der Waals surface area contributed by atoms with Gasteiger partial charge in [-0.25, -0.2) is 4.79 Å². The fourth-order valence-corrected chi connectivity index (χ4v) is 4.75. The van der Waals surface area contributed by atoms with Gasteiger partial charge in [-0.05, 0) is 71.0 Å². The molecule has 3 heteroatoms. The third kappa shape index (κ3) is 2.80. The molecule has 1 aliphatic carbocycles. The van der Waals surface area contributed by atoms with Gasteiger partial charge in [-0.3, -0.25) is 0 Å². The zero-order valence-electron chi connectivity index (χ0n) is 15.2. The first-order valence-corrected chi connectivity index (χ1v) is 10.3. The number of carbonyl (C=O) groups excluding carboxylic acids is 1. The van der Waals surface area contributed by atoms with Gasteiger partial charge in [0, 0.05) is 4.90 Å². The third-order valence-electron chi connectivity index (χ3n) is 5.31. The van der Waals surface area contributed by atoms with Crippen molar-refractivity contribution in [2.75, 3.05) is 13.4 Å². The summed E-state index contributed by atoms with van der Waals surface area (Å²) in [5.41, 5.74) is 5.82. The normalized spacial score (nSPS) is 13.5. The van der Waals surface area contributed by atoms with Gasteiger partial charge in [-0.2, -0.15) is 0 Å². The molecule has 0 aliphatic heterocycles. The van der Waals surface area contributed by atoms with E-state index in [1.807, 2.05) is 6.26 Å². The molecule has 3 aromatic rings. The maximum Gasteiger partial charge on any atom is 0.339 e. The number of thioether (sulfide) groups is 1. The number of rotatable bonds is 3. The van der Waals surface area contributed by atoms with Gasteiger partial charge in [-0.15, -0.1) is 11.8 Å². The maximum atomic E-state index is 12.5. The Balaban J connectivity index is 2.04. The lowest BCUT2D eigenvalue weighted by molar-refractivity contribution is 0.0595. The Morgan fingerprint density at radius 2 is 1.69 bits per heavy atom. The van der Waals surface area contributed by atoms with Gasteiger partial charge in [-0.1, -0.05) is 42.5 Å². The molecule has 0 saturated heterocycles. The van der Waals surface area contributed by atoms with E-state index < -0.39 is 0 Å². The van der Waals surface area contributed by atoms with Crippen LogP contribution >= 0.6 is 11.8 Å². The van der Waals surface area contributed by atoms with Crippen molar-refractivity contribution in [3.8, 4) is 11.1 Å². The molecule has 1 aliphatic rings. The topological polar surface area (TPSA) is 26.3 Å². The molecule has 0 unspecified atom stereocenters. The molecule has 0 radical (unpaired) electrons. The Hall–Kier alpha value is -2.26. The van der Waals surface area contributed by atoms with Crippen molar-refractivity contribution >= 4 is 28.5 Å². The number of hydrogen-bond donors (Lipinski definition) is 0. The number of benzene rings is 3. The summed E-state index contributed by atoms with van der Waals surface area (Å²) in [6, 6.07) is 17.2. The highest BCUT2D eigenvalue weighted by molar-refractivity contribution is 7.98.